The minimum Gasteiger partial charge on any atom is -0.357 e. The van der Waals surface area contributed by atoms with Crippen LogP contribution in [0.4, 0.5) is 14.6 Å². The van der Waals surface area contributed by atoms with Crippen molar-refractivity contribution in [1.29, 1.82) is 0 Å². The summed E-state index contributed by atoms with van der Waals surface area (Å²) in [7, 11) is 0. The average Bonchev–Trinajstić information content (AvgIpc) is 3.10. The van der Waals surface area contributed by atoms with Crippen LogP contribution in [0.2, 0.25) is 0 Å². The Kier molecular flexibility index (Phi) is 8.88. The number of rotatable bonds is 6. The van der Waals surface area contributed by atoms with E-state index in [-0.39, 0.29) is 41.7 Å². The van der Waals surface area contributed by atoms with Gasteiger partial charge in [-0.05, 0) is 49.6 Å². The summed E-state index contributed by atoms with van der Waals surface area (Å²) in [6.07, 6.45) is 3.16. The first-order chi connectivity index (χ1) is 13.2. The van der Waals surface area contributed by atoms with Gasteiger partial charge in [0.25, 0.3) is 0 Å². The second kappa shape index (κ2) is 11.1. The van der Waals surface area contributed by atoms with Gasteiger partial charge in [0, 0.05) is 38.4 Å². The van der Waals surface area contributed by atoms with E-state index < -0.39 is 0 Å². The number of hydrogen-bond donors (Lipinski definition) is 2. The van der Waals surface area contributed by atoms with Gasteiger partial charge in [-0.15, -0.1) is 24.0 Å². The second-order valence-corrected chi connectivity index (χ2v) is 6.53. The molecular weight excluding hydrogens is 475 g/mol. The lowest BCUT2D eigenvalue weighted by molar-refractivity contribution is 0.612. The van der Waals surface area contributed by atoms with Gasteiger partial charge in [0.15, 0.2) is 17.6 Å². The zero-order valence-electron chi connectivity index (χ0n) is 15.9. The molecule has 5 nitrogen and oxygen atoms in total. The molecule has 1 aromatic heterocycles. The molecule has 0 saturated carbocycles. The highest BCUT2D eigenvalue weighted by atomic mass is 127. The lowest BCUT2D eigenvalue weighted by Crippen LogP contribution is -2.44. The second-order valence-electron chi connectivity index (χ2n) is 6.53. The highest BCUT2D eigenvalue weighted by Crippen LogP contribution is 2.20. The zero-order valence-corrected chi connectivity index (χ0v) is 18.2. The number of guanidine groups is 1. The summed E-state index contributed by atoms with van der Waals surface area (Å²) in [5.41, 5.74) is 0.923. The number of aromatic nitrogens is 1. The molecule has 0 aliphatic carbocycles. The molecule has 2 aromatic rings. The zero-order chi connectivity index (χ0) is 19.1. The van der Waals surface area contributed by atoms with Crippen LogP contribution in [0.5, 0.6) is 0 Å². The largest absolute Gasteiger partial charge is 0.357 e. The van der Waals surface area contributed by atoms with Crippen LogP contribution in [-0.2, 0) is 6.42 Å². The molecule has 0 bridgehead atoms. The summed E-state index contributed by atoms with van der Waals surface area (Å²) in [5.74, 6) is 0.597. The minimum absolute atomic E-state index is 0. The van der Waals surface area contributed by atoms with Crippen molar-refractivity contribution < 1.29 is 8.78 Å². The van der Waals surface area contributed by atoms with E-state index in [1.807, 2.05) is 17.9 Å². The number of nitrogens with one attached hydrogen (secondary N) is 2. The molecule has 0 radical (unpaired) electrons. The number of nitrogens with zero attached hydrogens (tertiary/aromatic N) is 3. The van der Waals surface area contributed by atoms with Gasteiger partial charge in [-0.1, -0.05) is 12.1 Å². The first-order valence-electron chi connectivity index (χ1n) is 9.30. The Bertz CT molecular complexity index is 787. The topological polar surface area (TPSA) is 52.6 Å². The van der Waals surface area contributed by atoms with Crippen LogP contribution in [0, 0.1) is 11.6 Å². The normalized spacial score (nSPS) is 16.6. The van der Waals surface area contributed by atoms with Crippen molar-refractivity contribution in [3.8, 4) is 0 Å². The molecule has 1 aliphatic rings. The highest BCUT2D eigenvalue weighted by Gasteiger charge is 2.25. The third kappa shape index (κ3) is 6.29. The van der Waals surface area contributed by atoms with E-state index in [2.05, 4.69) is 20.6 Å². The molecule has 2 heterocycles. The summed E-state index contributed by atoms with van der Waals surface area (Å²) in [6.45, 7) is 4.73. The Labute approximate surface area is 181 Å². The highest BCUT2D eigenvalue weighted by molar-refractivity contribution is 14.0. The Hall–Kier alpha value is -1.97. The smallest absolute Gasteiger partial charge is 0.191 e. The Morgan fingerprint density at radius 1 is 1.29 bits per heavy atom. The molecule has 0 spiro atoms. The number of hydrogen-bond acceptors (Lipinski definition) is 3. The summed E-state index contributed by atoms with van der Waals surface area (Å²) in [5, 5.41) is 6.64. The first kappa shape index (κ1) is 22.3. The predicted molar refractivity (Wildman–Crippen MR) is 119 cm³/mol. The van der Waals surface area contributed by atoms with Crippen LogP contribution in [-0.4, -0.2) is 43.2 Å². The van der Waals surface area contributed by atoms with E-state index in [4.69, 9.17) is 0 Å². The Morgan fingerprint density at radius 2 is 2.14 bits per heavy atom. The molecule has 28 heavy (non-hydrogen) atoms. The molecule has 1 aromatic carbocycles. The van der Waals surface area contributed by atoms with Gasteiger partial charge < -0.3 is 15.5 Å². The van der Waals surface area contributed by atoms with E-state index >= 15 is 0 Å². The molecule has 0 amide bonds. The van der Waals surface area contributed by atoms with Crippen molar-refractivity contribution >= 4 is 35.8 Å². The lowest BCUT2D eigenvalue weighted by atomic mass is 10.1. The number of aliphatic imine (C=N–C) groups is 1. The Morgan fingerprint density at radius 3 is 2.89 bits per heavy atom. The van der Waals surface area contributed by atoms with E-state index in [9.17, 15) is 8.78 Å². The average molecular weight is 501 g/mol. The maximum absolute atomic E-state index is 13.9. The summed E-state index contributed by atoms with van der Waals surface area (Å²) >= 11 is 0. The third-order valence-electron chi connectivity index (χ3n) is 4.47. The van der Waals surface area contributed by atoms with Crippen molar-refractivity contribution in [1.82, 2.24) is 15.6 Å². The molecule has 1 unspecified atom stereocenters. The van der Waals surface area contributed by atoms with Crippen molar-refractivity contribution in [2.24, 2.45) is 4.99 Å². The fourth-order valence-corrected chi connectivity index (χ4v) is 3.18. The maximum Gasteiger partial charge on any atom is 0.191 e. The number of benzene rings is 1. The van der Waals surface area contributed by atoms with Crippen molar-refractivity contribution in [2.45, 2.75) is 25.8 Å². The summed E-state index contributed by atoms with van der Waals surface area (Å²) in [6, 6.07) is 9.77. The number of anilines is 1. The van der Waals surface area contributed by atoms with Gasteiger partial charge in [-0.3, -0.25) is 4.99 Å². The molecule has 152 valence electrons. The molecule has 3 rings (SSSR count). The molecule has 2 N–H and O–H groups in total. The maximum atomic E-state index is 13.9. The number of halogens is 3. The third-order valence-corrected chi connectivity index (χ3v) is 4.47. The van der Waals surface area contributed by atoms with Gasteiger partial charge >= 0.3 is 0 Å². The summed E-state index contributed by atoms with van der Waals surface area (Å²) < 4.78 is 27.2. The first-order valence-corrected chi connectivity index (χ1v) is 9.30. The summed E-state index contributed by atoms with van der Waals surface area (Å²) in [4.78, 5) is 10.7. The van der Waals surface area contributed by atoms with Crippen LogP contribution in [0.3, 0.4) is 0 Å². The van der Waals surface area contributed by atoms with Crippen molar-refractivity contribution in [3.05, 3.63) is 59.8 Å². The quantitative estimate of drug-likeness (QED) is 0.362. The lowest BCUT2D eigenvalue weighted by Gasteiger charge is -2.20. The van der Waals surface area contributed by atoms with Gasteiger partial charge in [-0.2, -0.15) is 0 Å². The molecule has 1 aliphatic heterocycles. The van der Waals surface area contributed by atoms with Crippen LogP contribution >= 0.6 is 24.0 Å². The van der Waals surface area contributed by atoms with Crippen molar-refractivity contribution in [3.63, 3.8) is 0 Å². The van der Waals surface area contributed by atoms with Crippen LogP contribution in [0.25, 0.3) is 0 Å². The van der Waals surface area contributed by atoms with Crippen LogP contribution in [0.1, 0.15) is 18.9 Å². The van der Waals surface area contributed by atoms with Gasteiger partial charge in [0.2, 0.25) is 0 Å². The van der Waals surface area contributed by atoms with Crippen LogP contribution < -0.4 is 15.5 Å². The van der Waals surface area contributed by atoms with E-state index in [0.717, 1.165) is 31.0 Å². The van der Waals surface area contributed by atoms with Gasteiger partial charge in [0.1, 0.15) is 5.82 Å². The molecule has 1 atom stereocenters. The molecule has 8 heteroatoms. The minimum atomic E-state index is -0.297. The standard InChI is InChI=1S/C20H25F2N5.HI/c1-2-23-20(25-11-8-15-5-3-6-16(21)13-15)26-17-9-12-27(14-17)19-18(22)7-4-10-24-19;/h3-7,10,13,17H,2,8-9,11-12,14H2,1H3,(H2,23,25,26);1H. The molecule has 1 saturated heterocycles. The van der Waals surface area contributed by atoms with Crippen LogP contribution in [0.15, 0.2) is 47.6 Å². The van der Waals surface area contributed by atoms with E-state index in [1.165, 1.54) is 18.2 Å². The van der Waals surface area contributed by atoms with Gasteiger partial charge in [-0.25, -0.2) is 13.8 Å². The van der Waals surface area contributed by atoms with Crippen molar-refractivity contribution in [2.75, 3.05) is 31.1 Å². The van der Waals surface area contributed by atoms with E-state index in [1.54, 1.807) is 18.3 Å². The SMILES string of the molecule is CCNC(=NCCc1cccc(F)c1)NC1CCN(c2ncccc2F)C1.I. The molecular formula is C20H26F2IN5. The number of pyridine rings is 1. The monoisotopic (exact) mass is 501 g/mol. The Balaban J connectivity index is 0.00000280. The molecule has 1 fully saturated rings. The van der Waals surface area contributed by atoms with Gasteiger partial charge in [0.05, 0.1) is 0 Å². The predicted octanol–water partition coefficient (Wildman–Crippen LogP) is 3.35. The fourth-order valence-electron chi connectivity index (χ4n) is 3.18. The van der Waals surface area contributed by atoms with E-state index in [0.29, 0.717) is 25.3 Å². The fraction of sp³-hybridized carbons (Fsp3) is 0.400.